The van der Waals surface area contributed by atoms with E-state index >= 15 is 0 Å². The fourth-order valence-electron chi connectivity index (χ4n) is 0.644. The zero-order valence-corrected chi connectivity index (χ0v) is 6.82. The van der Waals surface area contributed by atoms with Crippen LogP contribution in [0.1, 0.15) is 32.6 Å². The van der Waals surface area contributed by atoms with Crippen molar-refractivity contribution >= 4 is 12.6 Å². The van der Waals surface area contributed by atoms with Crippen LogP contribution in [0.3, 0.4) is 0 Å². The highest BCUT2D eigenvalue weighted by molar-refractivity contribution is 7.84. The molecule has 0 bridgehead atoms. The Morgan fingerprint density at radius 3 is 2.67 bits per heavy atom. The first-order chi connectivity index (χ1) is 4.27. The van der Waals surface area contributed by atoms with Gasteiger partial charge in [0.25, 0.3) is 0 Å². The van der Waals surface area contributed by atoms with Crippen molar-refractivity contribution in [2.24, 2.45) is 5.73 Å². The summed E-state index contributed by atoms with van der Waals surface area (Å²) in [5.41, 5.74) is 5.30. The third-order valence-corrected chi connectivity index (χ3v) is 1.34. The highest BCUT2D eigenvalue weighted by Crippen LogP contribution is 2.01. The Kier molecular flexibility index (Phi) is 5.94. The maximum absolute atomic E-state index is 5.30. The van der Waals surface area contributed by atoms with Crippen molar-refractivity contribution in [3.63, 3.8) is 0 Å². The molecule has 0 atom stereocenters. The van der Waals surface area contributed by atoms with Gasteiger partial charge in [-0.15, -0.1) is 12.6 Å². The highest BCUT2D eigenvalue weighted by Gasteiger charge is 1.82. The van der Waals surface area contributed by atoms with Crippen molar-refractivity contribution in [3.05, 3.63) is 11.1 Å². The van der Waals surface area contributed by atoms with Crippen LogP contribution in [0.2, 0.25) is 0 Å². The molecule has 0 aromatic rings. The smallest absolute Gasteiger partial charge is 0.0583 e. The van der Waals surface area contributed by atoms with E-state index in [1.807, 2.05) is 6.08 Å². The molecule has 0 saturated heterocycles. The lowest BCUT2D eigenvalue weighted by Gasteiger charge is -1.91. The maximum Gasteiger partial charge on any atom is 0.0583 e. The Morgan fingerprint density at radius 1 is 1.56 bits per heavy atom. The number of thiol groups is 1. The molecule has 54 valence electrons. The van der Waals surface area contributed by atoms with E-state index in [0.717, 1.165) is 6.42 Å². The van der Waals surface area contributed by atoms with Crippen molar-refractivity contribution in [3.8, 4) is 0 Å². The fraction of sp³-hybridized carbons (Fsp3) is 0.714. The van der Waals surface area contributed by atoms with Gasteiger partial charge in [-0.2, -0.15) is 0 Å². The molecule has 0 heterocycles. The van der Waals surface area contributed by atoms with Gasteiger partial charge in [-0.1, -0.05) is 25.8 Å². The second-order valence-corrected chi connectivity index (χ2v) is 2.64. The second kappa shape index (κ2) is 6.02. The van der Waals surface area contributed by atoms with Gasteiger partial charge < -0.3 is 5.73 Å². The van der Waals surface area contributed by atoms with Gasteiger partial charge in [0.1, 0.15) is 0 Å². The first kappa shape index (κ1) is 8.89. The molecule has 9 heavy (non-hydrogen) atoms. The van der Waals surface area contributed by atoms with Crippen LogP contribution in [0, 0.1) is 0 Å². The van der Waals surface area contributed by atoms with Crippen LogP contribution in [0.15, 0.2) is 11.1 Å². The average molecular weight is 145 g/mol. The molecule has 0 fully saturated rings. The van der Waals surface area contributed by atoms with Gasteiger partial charge in [0.05, 0.1) is 5.03 Å². The van der Waals surface area contributed by atoms with Crippen LogP contribution in [0.4, 0.5) is 0 Å². The molecule has 0 saturated carbocycles. The third-order valence-electron chi connectivity index (χ3n) is 1.16. The Hall–Kier alpha value is -0.110. The van der Waals surface area contributed by atoms with Crippen LogP contribution in [0.25, 0.3) is 0 Å². The standard InChI is InChI=1S/C7H15NS/c1-2-3-4-5-6-7(8)9/h6,9H,2-5,8H2,1H3/b7-6+. The van der Waals surface area contributed by atoms with Gasteiger partial charge in [0.15, 0.2) is 0 Å². The summed E-state index contributed by atoms with van der Waals surface area (Å²) in [6, 6.07) is 0. The topological polar surface area (TPSA) is 26.0 Å². The zero-order chi connectivity index (χ0) is 7.11. The van der Waals surface area contributed by atoms with Crippen LogP contribution < -0.4 is 5.73 Å². The predicted molar refractivity (Wildman–Crippen MR) is 45.4 cm³/mol. The normalized spacial score (nSPS) is 12.0. The minimum atomic E-state index is 0.645. The first-order valence-electron chi connectivity index (χ1n) is 3.42. The highest BCUT2D eigenvalue weighted by atomic mass is 32.1. The van der Waals surface area contributed by atoms with Crippen LogP contribution >= 0.6 is 12.6 Å². The summed E-state index contributed by atoms with van der Waals surface area (Å²) >= 11 is 3.94. The minimum absolute atomic E-state index is 0.645. The summed E-state index contributed by atoms with van der Waals surface area (Å²) < 4.78 is 0. The Labute approximate surface area is 62.7 Å². The van der Waals surface area contributed by atoms with E-state index in [9.17, 15) is 0 Å². The first-order valence-corrected chi connectivity index (χ1v) is 3.86. The monoisotopic (exact) mass is 145 g/mol. The van der Waals surface area contributed by atoms with E-state index in [2.05, 4.69) is 19.6 Å². The lowest BCUT2D eigenvalue weighted by molar-refractivity contribution is 0.728. The Balaban J connectivity index is 3.00. The largest absolute Gasteiger partial charge is 0.394 e. The quantitative estimate of drug-likeness (QED) is 0.461. The zero-order valence-electron chi connectivity index (χ0n) is 5.93. The molecule has 0 radical (unpaired) electrons. The van der Waals surface area contributed by atoms with Gasteiger partial charge in [0, 0.05) is 0 Å². The van der Waals surface area contributed by atoms with Crippen LogP contribution in [-0.4, -0.2) is 0 Å². The number of nitrogens with two attached hydrogens (primary N) is 1. The van der Waals surface area contributed by atoms with Crippen molar-refractivity contribution in [2.45, 2.75) is 32.6 Å². The third kappa shape index (κ3) is 7.89. The molecule has 0 rings (SSSR count). The van der Waals surface area contributed by atoms with E-state index in [1.165, 1.54) is 19.3 Å². The van der Waals surface area contributed by atoms with E-state index < -0.39 is 0 Å². The SMILES string of the molecule is CCCCC/C=C(\N)S. The summed E-state index contributed by atoms with van der Waals surface area (Å²) in [6.07, 6.45) is 6.82. The summed E-state index contributed by atoms with van der Waals surface area (Å²) in [4.78, 5) is 0. The molecule has 0 aliphatic carbocycles. The molecule has 2 N–H and O–H groups in total. The van der Waals surface area contributed by atoms with Crippen molar-refractivity contribution < 1.29 is 0 Å². The molecule has 0 aromatic heterocycles. The summed E-state index contributed by atoms with van der Waals surface area (Å²) in [5.74, 6) is 0. The molecule has 0 spiro atoms. The number of unbranched alkanes of at least 4 members (excludes halogenated alkanes) is 3. The van der Waals surface area contributed by atoms with E-state index in [1.54, 1.807) is 0 Å². The fourth-order valence-corrected chi connectivity index (χ4v) is 0.773. The van der Waals surface area contributed by atoms with E-state index in [0.29, 0.717) is 5.03 Å². The summed E-state index contributed by atoms with van der Waals surface area (Å²) in [7, 11) is 0. The van der Waals surface area contributed by atoms with E-state index in [-0.39, 0.29) is 0 Å². The molecule has 0 aliphatic rings. The molecule has 1 nitrogen and oxygen atoms in total. The Morgan fingerprint density at radius 2 is 2.22 bits per heavy atom. The van der Waals surface area contributed by atoms with Crippen molar-refractivity contribution in [2.75, 3.05) is 0 Å². The van der Waals surface area contributed by atoms with E-state index in [4.69, 9.17) is 5.73 Å². The molecular formula is C7H15NS. The summed E-state index contributed by atoms with van der Waals surface area (Å²) in [5, 5.41) is 0.645. The molecular weight excluding hydrogens is 130 g/mol. The molecule has 0 aromatic carbocycles. The second-order valence-electron chi connectivity index (χ2n) is 2.12. The predicted octanol–water partition coefficient (Wildman–Crippen LogP) is 2.30. The minimum Gasteiger partial charge on any atom is -0.394 e. The lowest BCUT2D eigenvalue weighted by atomic mass is 10.2. The van der Waals surface area contributed by atoms with Gasteiger partial charge in [-0.3, -0.25) is 0 Å². The van der Waals surface area contributed by atoms with Crippen LogP contribution in [0.5, 0.6) is 0 Å². The molecule has 0 amide bonds. The van der Waals surface area contributed by atoms with Crippen molar-refractivity contribution in [1.29, 1.82) is 0 Å². The number of rotatable bonds is 4. The molecule has 0 aliphatic heterocycles. The van der Waals surface area contributed by atoms with Gasteiger partial charge >= 0.3 is 0 Å². The maximum atomic E-state index is 5.30. The molecule has 0 unspecified atom stereocenters. The molecule has 2 heteroatoms. The number of allylic oxidation sites excluding steroid dienone is 1. The summed E-state index contributed by atoms with van der Waals surface area (Å²) in [6.45, 7) is 2.19. The lowest BCUT2D eigenvalue weighted by Crippen LogP contribution is -1.86. The van der Waals surface area contributed by atoms with Gasteiger partial charge in [-0.25, -0.2) is 0 Å². The van der Waals surface area contributed by atoms with Gasteiger partial charge in [0.2, 0.25) is 0 Å². The van der Waals surface area contributed by atoms with Crippen molar-refractivity contribution in [1.82, 2.24) is 0 Å². The Bertz CT molecular complexity index is 84.9. The van der Waals surface area contributed by atoms with Gasteiger partial charge in [-0.05, 0) is 12.8 Å². The van der Waals surface area contributed by atoms with Crippen LogP contribution in [-0.2, 0) is 0 Å². The average Bonchev–Trinajstić information content (AvgIpc) is 1.80. The number of hydrogen-bond donors (Lipinski definition) is 2. The number of hydrogen-bond acceptors (Lipinski definition) is 2.